The van der Waals surface area contributed by atoms with E-state index in [4.69, 9.17) is 5.73 Å². The molecule has 0 aliphatic rings. The maximum absolute atomic E-state index is 11.7. The predicted octanol–water partition coefficient (Wildman–Crippen LogP) is 3.02. The Kier molecular flexibility index (Phi) is 6.75. The van der Waals surface area contributed by atoms with E-state index in [1.54, 1.807) is 11.8 Å². The zero-order valence-corrected chi connectivity index (χ0v) is 13.1. The van der Waals surface area contributed by atoms with Gasteiger partial charge in [-0.1, -0.05) is 22.9 Å². The minimum absolute atomic E-state index is 0.0333. The Morgan fingerprint density at radius 2 is 2.28 bits per heavy atom. The lowest BCUT2D eigenvalue weighted by Gasteiger charge is -2.09. The number of carbonyl (C=O) groups excluding carboxylic acids is 1. The molecule has 0 aliphatic heterocycles. The number of rotatable bonds is 6. The van der Waals surface area contributed by atoms with Crippen molar-refractivity contribution in [3.8, 4) is 0 Å². The number of hydrogen-bond donors (Lipinski definition) is 2. The molecule has 1 aromatic rings. The molecular formula is C13H19BrN2OS. The molecule has 3 N–H and O–H groups in total. The van der Waals surface area contributed by atoms with E-state index in [0.717, 1.165) is 21.5 Å². The number of hydrogen-bond acceptors (Lipinski definition) is 3. The number of aryl methyl sites for hydroxylation is 1. The van der Waals surface area contributed by atoms with Crippen molar-refractivity contribution in [2.75, 3.05) is 23.4 Å². The molecule has 1 aromatic carbocycles. The molecule has 0 saturated heterocycles. The number of halogens is 1. The van der Waals surface area contributed by atoms with E-state index < -0.39 is 0 Å². The fourth-order valence-corrected chi connectivity index (χ4v) is 2.50. The normalized spacial score (nSPS) is 12.2. The zero-order chi connectivity index (χ0) is 13.5. The average Bonchev–Trinajstić information content (AvgIpc) is 2.33. The molecule has 3 nitrogen and oxygen atoms in total. The fraction of sp³-hybridized carbons (Fsp3) is 0.462. The molecule has 100 valence electrons. The predicted molar refractivity (Wildman–Crippen MR) is 83.1 cm³/mol. The van der Waals surface area contributed by atoms with Crippen molar-refractivity contribution >= 4 is 39.3 Å². The number of nitrogens with two attached hydrogens (primary N) is 1. The molecule has 0 fully saturated rings. The lowest BCUT2D eigenvalue weighted by molar-refractivity contribution is -0.113. The van der Waals surface area contributed by atoms with Crippen LogP contribution < -0.4 is 11.1 Å². The number of amides is 1. The number of carbonyl (C=O) groups is 1. The van der Waals surface area contributed by atoms with Gasteiger partial charge in [-0.3, -0.25) is 4.79 Å². The van der Waals surface area contributed by atoms with Gasteiger partial charge in [0.05, 0.1) is 5.75 Å². The van der Waals surface area contributed by atoms with Crippen molar-refractivity contribution in [1.82, 2.24) is 0 Å². The second-order valence-electron chi connectivity index (χ2n) is 4.37. The number of nitrogens with one attached hydrogen (secondary N) is 1. The first-order valence-electron chi connectivity index (χ1n) is 5.86. The summed E-state index contributed by atoms with van der Waals surface area (Å²) in [5.74, 6) is 1.88. The highest BCUT2D eigenvalue weighted by atomic mass is 79.9. The van der Waals surface area contributed by atoms with E-state index in [0.29, 0.717) is 18.2 Å². The molecule has 1 unspecified atom stereocenters. The standard InChI is InChI=1S/C13H19BrN2OS/c1-9(6-15)7-18-8-13(17)16-11-3-4-12(14)10(2)5-11/h3-5,9H,6-8,15H2,1-2H3,(H,16,17). The third-order valence-corrected chi connectivity index (χ3v) is 4.64. The van der Waals surface area contributed by atoms with E-state index >= 15 is 0 Å². The summed E-state index contributed by atoms with van der Waals surface area (Å²) in [6, 6.07) is 5.78. The second kappa shape index (κ2) is 7.81. The summed E-state index contributed by atoms with van der Waals surface area (Å²) >= 11 is 5.05. The molecule has 18 heavy (non-hydrogen) atoms. The summed E-state index contributed by atoms with van der Waals surface area (Å²) in [4.78, 5) is 11.7. The minimum atomic E-state index is 0.0333. The Bertz CT molecular complexity index is 412. The maximum Gasteiger partial charge on any atom is 0.234 e. The first-order chi connectivity index (χ1) is 8.52. The highest BCUT2D eigenvalue weighted by Gasteiger charge is 2.05. The monoisotopic (exact) mass is 330 g/mol. The third kappa shape index (κ3) is 5.42. The average molecular weight is 331 g/mol. The van der Waals surface area contributed by atoms with Crippen molar-refractivity contribution in [2.45, 2.75) is 13.8 Å². The van der Waals surface area contributed by atoms with Crippen molar-refractivity contribution < 1.29 is 4.79 Å². The first kappa shape index (κ1) is 15.5. The van der Waals surface area contributed by atoms with Crippen LogP contribution in [0.4, 0.5) is 5.69 Å². The number of thioether (sulfide) groups is 1. The van der Waals surface area contributed by atoms with E-state index in [1.807, 2.05) is 25.1 Å². The van der Waals surface area contributed by atoms with Gasteiger partial charge in [0.25, 0.3) is 0 Å². The van der Waals surface area contributed by atoms with E-state index in [-0.39, 0.29) is 5.91 Å². The highest BCUT2D eigenvalue weighted by molar-refractivity contribution is 9.10. The van der Waals surface area contributed by atoms with Crippen LogP contribution in [0.5, 0.6) is 0 Å². The summed E-state index contributed by atoms with van der Waals surface area (Å²) < 4.78 is 1.05. The van der Waals surface area contributed by atoms with Crippen molar-refractivity contribution in [3.05, 3.63) is 28.2 Å². The van der Waals surface area contributed by atoms with Crippen LogP contribution >= 0.6 is 27.7 Å². The van der Waals surface area contributed by atoms with Crippen LogP contribution in [0.1, 0.15) is 12.5 Å². The zero-order valence-electron chi connectivity index (χ0n) is 10.7. The molecule has 0 aliphatic carbocycles. The van der Waals surface area contributed by atoms with Crippen LogP contribution in [-0.2, 0) is 4.79 Å². The van der Waals surface area contributed by atoms with Gasteiger partial charge in [-0.25, -0.2) is 0 Å². The highest BCUT2D eigenvalue weighted by Crippen LogP contribution is 2.20. The minimum Gasteiger partial charge on any atom is -0.330 e. The summed E-state index contributed by atoms with van der Waals surface area (Å²) in [6.45, 7) is 4.75. The Balaban J connectivity index is 2.38. The molecule has 0 radical (unpaired) electrons. The smallest absolute Gasteiger partial charge is 0.234 e. The van der Waals surface area contributed by atoms with Crippen LogP contribution in [0.3, 0.4) is 0 Å². The Morgan fingerprint density at radius 1 is 1.56 bits per heavy atom. The second-order valence-corrected chi connectivity index (χ2v) is 6.25. The van der Waals surface area contributed by atoms with Gasteiger partial charge in [-0.05, 0) is 48.9 Å². The molecule has 5 heteroatoms. The van der Waals surface area contributed by atoms with Gasteiger partial charge < -0.3 is 11.1 Å². The molecule has 1 rings (SSSR count). The first-order valence-corrected chi connectivity index (χ1v) is 7.81. The molecule has 1 amide bonds. The van der Waals surface area contributed by atoms with Crippen LogP contribution in [0.25, 0.3) is 0 Å². The summed E-state index contributed by atoms with van der Waals surface area (Å²) in [6.07, 6.45) is 0. The van der Waals surface area contributed by atoms with Crippen LogP contribution in [0, 0.1) is 12.8 Å². The van der Waals surface area contributed by atoms with Gasteiger partial charge in [-0.15, -0.1) is 0 Å². The van der Waals surface area contributed by atoms with E-state index in [9.17, 15) is 4.79 Å². The number of benzene rings is 1. The molecule has 0 aromatic heterocycles. The molecule has 0 spiro atoms. The lowest BCUT2D eigenvalue weighted by atomic mass is 10.2. The molecule has 0 bridgehead atoms. The van der Waals surface area contributed by atoms with E-state index in [2.05, 4.69) is 28.2 Å². The number of anilines is 1. The van der Waals surface area contributed by atoms with Crippen molar-refractivity contribution in [1.29, 1.82) is 0 Å². The molecule has 0 heterocycles. The van der Waals surface area contributed by atoms with Crippen molar-refractivity contribution in [2.24, 2.45) is 11.7 Å². The summed E-state index contributed by atoms with van der Waals surface area (Å²) in [5.41, 5.74) is 7.47. The van der Waals surface area contributed by atoms with Crippen molar-refractivity contribution in [3.63, 3.8) is 0 Å². The summed E-state index contributed by atoms with van der Waals surface area (Å²) in [7, 11) is 0. The Labute approximate surface area is 121 Å². The lowest BCUT2D eigenvalue weighted by Crippen LogP contribution is -2.17. The van der Waals surface area contributed by atoms with Crippen LogP contribution in [0.15, 0.2) is 22.7 Å². The van der Waals surface area contributed by atoms with Gasteiger partial charge in [0, 0.05) is 10.2 Å². The van der Waals surface area contributed by atoms with Crippen LogP contribution in [-0.4, -0.2) is 24.0 Å². The molecule has 1 atom stereocenters. The Hall–Kier alpha value is -0.520. The quantitative estimate of drug-likeness (QED) is 0.842. The molecule has 0 saturated carbocycles. The van der Waals surface area contributed by atoms with Gasteiger partial charge in [-0.2, -0.15) is 11.8 Å². The SMILES string of the molecule is Cc1cc(NC(=O)CSCC(C)CN)ccc1Br. The molecular weight excluding hydrogens is 312 g/mol. The fourth-order valence-electron chi connectivity index (χ4n) is 1.34. The van der Waals surface area contributed by atoms with Crippen LogP contribution in [0.2, 0.25) is 0 Å². The summed E-state index contributed by atoms with van der Waals surface area (Å²) in [5, 5.41) is 2.89. The Morgan fingerprint density at radius 3 is 2.89 bits per heavy atom. The third-order valence-electron chi connectivity index (χ3n) is 2.48. The van der Waals surface area contributed by atoms with Gasteiger partial charge in [0.2, 0.25) is 5.91 Å². The largest absolute Gasteiger partial charge is 0.330 e. The van der Waals surface area contributed by atoms with Gasteiger partial charge in [0.1, 0.15) is 0 Å². The van der Waals surface area contributed by atoms with Gasteiger partial charge in [0.15, 0.2) is 0 Å². The maximum atomic E-state index is 11.7. The topological polar surface area (TPSA) is 55.1 Å². The van der Waals surface area contributed by atoms with E-state index in [1.165, 1.54) is 0 Å². The van der Waals surface area contributed by atoms with Gasteiger partial charge >= 0.3 is 0 Å².